The average molecular weight is 336 g/mol. The predicted molar refractivity (Wildman–Crippen MR) is 95.9 cm³/mol. The molecule has 0 spiro atoms. The van der Waals surface area contributed by atoms with Crippen LogP contribution >= 0.6 is 0 Å². The number of carbonyl (C=O) groups excluding carboxylic acids is 1. The molecule has 0 saturated heterocycles. The largest absolute Gasteiger partial charge is 0.488 e. The fourth-order valence-electron chi connectivity index (χ4n) is 2.46. The number of aromatic nitrogens is 1. The lowest BCUT2D eigenvalue weighted by molar-refractivity contribution is 0.101. The van der Waals surface area contributed by atoms with Crippen LogP contribution in [0.5, 0.6) is 5.75 Å². The average Bonchev–Trinajstić information content (AvgIpc) is 2.97. The second-order valence-electron chi connectivity index (χ2n) is 5.94. The minimum Gasteiger partial charge on any atom is -0.488 e. The Bertz CT molecular complexity index is 885. The lowest BCUT2D eigenvalue weighted by Gasteiger charge is -2.10. The molecule has 0 bridgehead atoms. The summed E-state index contributed by atoms with van der Waals surface area (Å²) in [5.41, 5.74) is 3.75. The van der Waals surface area contributed by atoms with E-state index in [1.807, 2.05) is 62.4 Å². The Kier molecular flexibility index (Phi) is 4.84. The molecule has 5 heteroatoms. The molecule has 128 valence electrons. The SMILES string of the molecule is Cc1ccc(C)c(OCc2c(C(=O)Nc3ccccc3)noc2C)c1. The van der Waals surface area contributed by atoms with Gasteiger partial charge in [-0.15, -0.1) is 0 Å². The summed E-state index contributed by atoms with van der Waals surface area (Å²) in [6.45, 7) is 5.99. The molecule has 0 fully saturated rings. The van der Waals surface area contributed by atoms with Crippen molar-refractivity contribution >= 4 is 11.6 Å². The number of amides is 1. The van der Waals surface area contributed by atoms with Crippen LogP contribution in [0.2, 0.25) is 0 Å². The number of benzene rings is 2. The van der Waals surface area contributed by atoms with Gasteiger partial charge in [0.1, 0.15) is 18.1 Å². The molecule has 0 saturated carbocycles. The van der Waals surface area contributed by atoms with Gasteiger partial charge >= 0.3 is 0 Å². The van der Waals surface area contributed by atoms with Crippen molar-refractivity contribution in [2.45, 2.75) is 27.4 Å². The third-order valence-electron chi connectivity index (χ3n) is 3.95. The van der Waals surface area contributed by atoms with E-state index in [1.165, 1.54) is 0 Å². The lowest BCUT2D eigenvalue weighted by Crippen LogP contribution is -2.15. The van der Waals surface area contributed by atoms with Gasteiger partial charge in [0, 0.05) is 5.69 Å². The van der Waals surface area contributed by atoms with E-state index >= 15 is 0 Å². The first-order chi connectivity index (χ1) is 12.0. The quantitative estimate of drug-likeness (QED) is 0.748. The van der Waals surface area contributed by atoms with E-state index in [1.54, 1.807) is 6.92 Å². The third-order valence-corrected chi connectivity index (χ3v) is 3.95. The topological polar surface area (TPSA) is 64.4 Å². The van der Waals surface area contributed by atoms with E-state index in [9.17, 15) is 4.79 Å². The molecule has 1 amide bonds. The van der Waals surface area contributed by atoms with Gasteiger partial charge < -0.3 is 14.6 Å². The molecule has 1 N–H and O–H groups in total. The third kappa shape index (κ3) is 3.88. The summed E-state index contributed by atoms with van der Waals surface area (Å²) in [7, 11) is 0. The van der Waals surface area contributed by atoms with Crippen molar-refractivity contribution in [2.75, 3.05) is 5.32 Å². The van der Waals surface area contributed by atoms with Crippen molar-refractivity contribution in [3.63, 3.8) is 0 Å². The summed E-state index contributed by atoms with van der Waals surface area (Å²) in [5, 5.41) is 6.71. The Morgan fingerprint density at radius 1 is 1.12 bits per heavy atom. The first-order valence-electron chi connectivity index (χ1n) is 8.06. The number of para-hydroxylation sites is 1. The molecule has 2 aromatic carbocycles. The van der Waals surface area contributed by atoms with E-state index in [4.69, 9.17) is 9.26 Å². The van der Waals surface area contributed by atoms with E-state index in [-0.39, 0.29) is 18.2 Å². The fraction of sp³-hybridized carbons (Fsp3) is 0.200. The number of ether oxygens (including phenoxy) is 1. The molecule has 5 nitrogen and oxygen atoms in total. The maximum absolute atomic E-state index is 12.5. The second-order valence-corrected chi connectivity index (χ2v) is 5.94. The van der Waals surface area contributed by atoms with Crippen molar-refractivity contribution < 1.29 is 14.1 Å². The maximum Gasteiger partial charge on any atom is 0.278 e. The Balaban J connectivity index is 1.77. The van der Waals surface area contributed by atoms with Gasteiger partial charge in [-0.25, -0.2) is 0 Å². The van der Waals surface area contributed by atoms with Crippen LogP contribution in [-0.2, 0) is 6.61 Å². The summed E-state index contributed by atoms with van der Waals surface area (Å²) < 4.78 is 11.1. The molecule has 0 unspecified atom stereocenters. The van der Waals surface area contributed by atoms with E-state index in [2.05, 4.69) is 10.5 Å². The van der Waals surface area contributed by atoms with Crippen LogP contribution in [0, 0.1) is 20.8 Å². The van der Waals surface area contributed by atoms with Crippen molar-refractivity contribution in [1.29, 1.82) is 0 Å². The van der Waals surface area contributed by atoms with Crippen LogP contribution in [0.3, 0.4) is 0 Å². The molecule has 0 aliphatic rings. The number of anilines is 1. The number of rotatable bonds is 5. The summed E-state index contributed by atoms with van der Waals surface area (Å²) >= 11 is 0. The molecule has 25 heavy (non-hydrogen) atoms. The lowest BCUT2D eigenvalue weighted by atomic mass is 10.1. The standard InChI is InChI=1S/C20H20N2O3/c1-13-9-10-14(2)18(11-13)24-12-17-15(3)25-22-19(17)20(23)21-16-7-5-4-6-8-16/h4-11H,12H2,1-3H3,(H,21,23). The molecule has 0 radical (unpaired) electrons. The zero-order chi connectivity index (χ0) is 17.8. The molecule has 0 aliphatic heterocycles. The van der Waals surface area contributed by atoms with Crippen LogP contribution in [0.4, 0.5) is 5.69 Å². The number of hydrogen-bond acceptors (Lipinski definition) is 4. The highest BCUT2D eigenvalue weighted by Gasteiger charge is 2.20. The fourth-order valence-corrected chi connectivity index (χ4v) is 2.46. The highest BCUT2D eigenvalue weighted by Crippen LogP contribution is 2.23. The molecule has 3 rings (SSSR count). The van der Waals surface area contributed by atoms with Gasteiger partial charge in [0.2, 0.25) is 0 Å². The number of nitrogens with zero attached hydrogens (tertiary/aromatic N) is 1. The first-order valence-corrected chi connectivity index (χ1v) is 8.06. The Hall–Kier alpha value is -3.08. The Morgan fingerprint density at radius 3 is 2.64 bits per heavy atom. The van der Waals surface area contributed by atoms with Crippen LogP contribution in [0.1, 0.15) is 32.9 Å². The minimum absolute atomic E-state index is 0.219. The molecular formula is C20H20N2O3. The number of hydrogen-bond donors (Lipinski definition) is 1. The van der Waals surface area contributed by atoms with E-state index < -0.39 is 0 Å². The maximum atomic E-state index is 12.5. The highest BCUT2D eigenvalue weighted by atomic mass is 16.5. The van der Waals surface area contributed by atoms with Crippen LogP contribution in [-0.4, -0.2) is 11.1 Å². The number of carbonyl (C=O) groups is 1. The number of nitrogens with one attached hydrogen (secondary N) is 1. The van der Waals surface area contributed by atoms with Gasteiger partial charge in [0.05, 0.1) is 5.56 Å². The predicted octanol–water partition coefficient (Wildman–Crippen LogP) is 4.43. The van der Waals surface area contributed by atoms with Crippen molar-refractivity contribution in [3.8, 4) is 5.75 Å². The smallest absolute Gasteiger partial charge is 0.278 e. The second kappa shape index (κ2) is 7.21. The molecule has 1 heterocycles. The highest BCUT2D eigenvalue weighted by molar-refractivity contribution is 6.03. The van der Waals surface area contributed by atoms with Gasteiger partial charge in [-0.05, 0) is 50.1 Å². The van der Waals surface area contributed by atoms with Crippen molar-refractivity contribution in [1.82, 2.24) is 5.16 Å². The van der Waals surface area contributed by atoms with Crippen molar-refractivity contribution in [3.05, 3.63) is 76.7 Å². The summed E-state index contributed by atoms with van der Waals surface area (Å²) in [6.07, 6.45) is 0. The van der Waals surface area contributed by atoms with Crippen molar-refractivity contribution in [2.24, 2.45) is 0 Å². The monoisotopic (exact) mass is 336 g/mol. The molecule has 0 atom stereocenters. The summed E-state index contributed by atoms with van der Waals surface area (Å²) in [5.74, 6) is 1.04. The van der Waals surface area contributed by atoms with E-state index in [0.29, 0.717) is 17.0 Å². The zero-order valence-electron chi connectivity index (χ0n) is 14.5. The first kappa shape index (κ1) is 16.8. The molecular weight excluding hydrogens is 316 g/mol. The number of aryl methyl sites for hydroxylation is 3. The normalized spacial score (nSPS) is 10.5. The Labute approximate surface area is 146 Å². The minimum atomic E-state index is -0.317. The summed E-state index contributed by atoms with van der Waals surface area (Å²) in [6, 6.07) is 15.2. The van der Waals surface area contributed by atoms with Gasteiger partial charge in [-0.2, -0.15) is 0 Å². The Morgan fingerprint density at radius 2 is 1.88 bits per heavy atom. The molecule has 1 aromatic heterocycles. The van der Waals surface area contributed by atoms with Gasteiger partial charge in [0.25, 0.3) is 5.91 Å². The van der Waals surface area contributed by atoms with Crippen LogP contribution < -0.4 is 10.1 Å². The van der Waals surface area contributed by atoms with Gasteiger partial charge in [-0.1, -0.05) is 35.5 Å². The van der Waals surface area contributed by atoms with Crippen LogP contribution in [0.25, 0.3) is 0 Å². The van der Waals surface area contributed by atoms with E-state index in [0.717, 1.165) is 16.9 Å². The summed E-state index contributed by atoms with van der Waals surface area (Å²) in [4.78, 5) is 12.5. The zero-order valence-corrected chi connectivity index (χ0v) is 14.5. The van der Waals surface area contributed by atoms with Gasteiger partial charge in [-0.3, -0.25) is 4.79 Å². The molecule has 3 aromatic rings. The molecule has 0 aliphatic carbocycles. The van der Waals surface area contributed by atoms with Crippen LogP contribution in [0.15, 0.2) is 53.1 Å². The van der Waals surface area contributed by atoms with Gasteiger partial charge in [0.15, 0.2) is 5.69 Å².